The van der Waals surface area contributed by atoms with Gasteiger partial charge in [0.1, 0.15) is 12.8 Å². The van der Waals surface area contributed by atoms with Crippen molar-refractivity contribution in [2.75, 3.05) is 13.3 Å². The van der Waals surface area contributed by atoms with Crippen molar-refractivity contribution in [3.05, 3.63) is 0 Å². The van der Waals surface area contributed by atoms with Crippen LogP contribution in [0.1, 0.15) is 6.92 Å². The van der Waals surface area contributed by atoms with Crippen LogP contribution in [-0.2, 0) is 4.74 Å². The highest BCUT2D eigenvalue weighted by Crippen LogP contribution is 2.29. The highest BCUT2D eigenvalue weighted by molar-refractivity contribution is 4.82. The lowest BCUT2D eigenvalue weighted by atomic mass is 10.1. The minimum absolute atomic E-state index is 0.318. The monoisotopic (exact) mass is 224 g/mol. The zero-order valence-corrected chi connectivity index (χ0v) is 7.32. The highest BCUT2D eigenvalue weighted by Gasteiger charge is 2.49. The quantitative estimate of drug-likeness (QED) is 0.652. The third-order valence-electron chi connectivity index (χ3n) is 1.46. The molecule has 0 aliphatic rings. The molecule has 0 saturated carbocycles. The fourth-order valence-corrected chi connectivity index (χ4v) is 0.839. The van der Waals surface area contributed by atoms with Crippen LogP contribution in [-0.4, -0.2) is 37.9 Å². The van der Waals surface area contributed by atoms with Crippen LogP contribution in [0, 0.1) is 0 Å². The maximum atomic E-state index is 12.5. The van der Waals surface area contributed by atoms with E-state index in [2.05, 4.69) is 4.74 Å². The van der Waals surface area contributed by atoms with Gasteiger partial charge in [0.2, 0.25) is 6.17 Å². The van der Waals surface area contributed by atoms with E-state index in [1.165, 1.54) is 6.92 Å². The lowest BCUT2D eigenvalue weighted by Gasteiger charge is -2.24. The molecule has 0 N–H and O–H groups in total. The molecular weight excluding hydrogens is 214 g/mol. The third-order valence-corrected chi connectivity index (χ3v) is 1.46. The van der Waals surface area contributed by atoms with E-state index in [0.29, 0.717) is 0 Å². The number of alkyl halides is 6. The topological polar surface area (TPSA) is 9.23 Å². The number of hydrogen-bond donors (Lipinski definition) is 0. The van der Waals surface area contributed by atoms with Crippen LogP contribution in [0.2, 0.25) is 0 Å². The first kappa shape index (κ1) is 13.5. The van der Waals surface area contributed by atoms with Gasteiger partial charge in [-0.05, 0) is 6.92 Å². The summed E-state index contributed by atoms with van der Waals surface area (Å²) >= 11 is 0. The molecule has 0 radical (unpaired) electrons. The molecule has 0 spiro atoms. The second-order valence-corrected chi connectivity index (χ2v) is 2.53. The number of rotatable bonds is 5. The predicted octanol–water partition coefficient (Wildman–Crippen LogP) is 2.60. The molecule has 0 saturated heterocycles. The maximum absolute atomic E-state index is 12.5. The molecular formula is C7H10F6O. The molecule has 0 heterocycles. The van der Waals surface area contributed by atoms with Crippen molar-refractivity contribution in [2.24, 2.45) is 0 Å². The molecule has 1 nitrogen and oxygen atoms in total. The molecule has 0 aromatic rings. The minimum atomic E-state index is -5.24. The van der Waals surface area contributed by atoms with Crippen molar-refractivity contribution in [1.29, 1.82) is 0 Å². The van der Waals surface area contributed by atoms with E-state index in [4.69, 9.17) is 0 Å². The first-order valence-electron chi connectivity index (χ1n) is 3.87. The van der Waals surface area contributed by atoms with Gasteiger partial charge in [-0.15, -0.1) is 0 Å². The van der Waals surface area contributed by atoms with Crippen LogP contribution in [0.15, 0.2) is 0 Å². The lowest BCUT2D eigenvalue weighted by molar-refractivity contribution is -0.221. The van der Waals surface area contributed by atoms with Crippen LogP contribution in [0.3, 0.4) is 0 Å². The standard InChI is InChI=1S/C7H10F6O/c1-2-14-5(4(9)3-8)6(10)7(11,12)13/h4-6H,2-3H2,1H3. The van der Waals surface area contributed by atoms with Crippen LogP contribution >= 0.6 is 0 Å². The molecule has 0 amide bonds. The van der Waals surface area contributed by atoms with Crippen LogP contribution in [0.25, 0.3) is 0 Å². The van der Waals surface area contributed by atoms with Crippen molar-refractivity contribution >= 4 is 0 Å². The molecule has 0 aromatic carbocycles. The normalized spacial score (nSPS) is 19.1. The molecule has 0 aliphatic heterocycles. The Bertz CT molecular complexity index is 159. The molecule has 3 atom stereocenters. The van der Waals surface area contributed by atoms with Crippen molar-refractivity contribution in [3.63, 3.8) is 0 Å². The molecule has 0 fully saturated rings. The van der Waals surface area contributed by atoms with E-state index >= 15 is 0 Å². The Hall–Kier alpha value is -0.460. The zero-order chi connectivity index (χ0) is 11.4. The van der Waals surface area contributed by atoms with Gasteiger partial charge in [0.05, 0.1) is 0 Å². The van der Waals surface area contributed by atoms with Crippen LogP contribution in [0.4, 0.5) is 26.3 Å². The maximum Gasteiger partial charge on any atom is 0.422 e. The number of hydrogen-bond acceptors (Lipinski definition) is 1. The summed E-state index contributed by atoms with van der Waals surface area (Å²) in [6.45, 7) is -0.760. The first-order valence-corrected chi connectivity index (χ1v) is 3.87. The van der Waals surface area contributed by atoms with E-state index in [-0.39, 0.29) is 6.61 Å². The Kier molecular flexibility index (Phi) is 5.25. The largest absolute Gasteiger partial charge is 0.422 e. The molecule has 14 heavy (non-hydrogen) atoms. The van der Waals surface area contributed by atoms with Gasteiger partial charge in [0, 0.05) is 6.61 Å². The Morgan fingerprint density at radius 3 is 2.00 bits per heavy atom. The fourth-order valence-electron chi connectivity index (χ4n) is 0.839. The lowest BCUT2D eigenvalue weighted by Crippen LogP contribution is -2.44. The van der Waals surface area contributed by atoms with E-state index in [1.54, 1.807) is 0 Å². The van der Waals surface area contributed by atoms with E-state index in [1.807, 2.05) is 0 Å². The SMILES string of the molecule is CCOC(C(F)CF)C(F)C(F)(F)F. The highest BCUT2D eigenvalue weighted by atomic mass is 19.4. The third kappa shape index (κ3) is 3.73. The Balaban J connectivity index is 4.48. The Morgan fingerprint density at radius 1 is 1.21 bits per heavy atom. The summed E-state index contributed by atoms with van der Waals surface area (Å²) in [5, 5.41) is 0. The summed E-state index contributed by atoms with van der Waals surface area (Å²) in [6, 6.07) is 0. The van der Waals surface area contributed by atoms with Gasteiger partial charge in [-0.2, -0.15) is 13.2 Å². The summed E-state index contributed by atoms with van der Waals surface area (Å²) in [5.41, 5.74) is 0. The van der Waals surface area contributed by atoms with Crippen molar-refractivity contribution in [2.45, 2.75) is 31.5 Å². The van der Waals surface area contributed by atoms with Crippen molar-refractivity contribution < 1.29 is 31.1 Å². The zero-order valence-electron chi connectivity index (χ0n) is 7.32. The second-order valence-electron chi connectivity index (χ2n) is 2.53. The summed E-state index contributed by atoms with van der Waals surface area (Å²) in [7, 11) is 0. The molecule has 0 aliphatic carbocycles. The fraction of sp³-hybridized carbons (Fsp3) is 1.00. The van der Waals surface area contributed by atoms with Gasteiger partial charge in [-0.3, -0.25) is 0 Å². The van der Waals surface area contributed by atoms with Crippen molar-refractivity contribution in [3.8, 4) is 0 Å². The van der Waals surface area contributed by atoms with Gasteiger partial charge >= 0.3 is 6.18 Å². The van der Waals surface area contributed by atoms with Gasteiger partial charge < -0.3 is 4.74 Å². The Morgan fingerprint density at radius 2 is 1.71 bits per heavy atom. The summed E-state index contributed by atoms with van der Waals surface area (Å²) in [5.74, 6) is 0. The molecule has 86 valence electrons. The van der Waals surface area contributed by atoms with E-state index < -0.39 is 31.3 Å². The van der Waals surface area contributed by atoms with Crippen LogP contribution < -0.4 is 0 Å². The summed E-state index contributed by atoms with van der Waals surface area (Å²) in [6.07, 6.45) is -13.8. The van der Waals surface area contributed by atoms with Gasteiger partial charge in [-0.1, -0.05) is 0 Å². The average Bonchev–Trinajstić information content (AvgIpc) is 2.10. The summed E-state index contributed by atoms with van der Waals surface area (Å²) in [4.78, 5) is 0. The Labute approximate surface area is 77.0 Å². The number of ether oxygens (including phenoxy) is 1. The minimum Gasteiger partial charge on any atom is -0.372 e. The molecule has 0 aromatic heterocycles. The van der Waals surface area contributed by atoms with Gasteiger partial charge in [-0.25, -0.2) is 13.2 Å². The molecule has 3 unspecified atom stereocenters. The molecule has 0 rings (SSSR count). The van der Waals surface area contributed by atoms with E-state index in [0.717, 1.165) is 0 Å². The van der Waals surface area contributed by atoms with E-state index in [9.17, 15) is 26.3 Å². The average molecular weight is 224 g/mol. The molecule has 7 heteroatoms. The van der Waals surface area contributed by atoms with Gasteiger partial charge in [0.15, 0.2) is 6.17 Å². The predicted molar refractivity (Wildman–Crippen MR) is 37.2 cm³/mol. The summed E-state index contributed by atoms with van der Waals surface area (Å²) < 4.78 is 76.3. The second kappa shape index (κ2) is 5.43. The van der Waals surface area contributed by atoms with Crippen molar-refractivity contribution in [1.82, 2.24) is 0 Å². The number of halogens is 6. The smallest absolute Gasteiger partial charge is 0.372 e. The van der Waals surface area contributed by atoms with Gasteiger partial charge in [0.25, 0.3) is 0 Å². The molecule has 0 bridgehead atoms. The van der Waals surface area contributed by atoms with Crippen LogP contribution in [0.5, 0.6) is 0 Å². The first-order chi connectivity index (χ1) is 6.34.